The number of aromatic nitrogens is 1. The van der Waals surface area contributed by atoms with Gasteiger partial charge in [-0.25, -0.2) is 0 Å². The second kappa shape index (κ2) is 6.25. The molecule has 3 aromatic rings. The van der Waals surface area contributed by atoms with Crippen LogP contribution in [0.25, 0.3) is 10.9 Å². The lowest BCUT2D eigenvalue weighted by Crippen LogP contribution is -2.34. The number of fused-ring (bicyclic) bond motifs is 3. The fraction of sp³-hybridized carbons (Fsp3) is 0.286. The third kappa shape index (κ3) is 2.65. The maximum Gasteiger partial charge on any atom is 0.193 e. The normalized spacial score (nSPS) is 17.0. The molecular weight excluding hydrogens is 296 g/mol. The number of ketones is 1. The molecule has 0 bridgehead atoms. The van der Waals surface area contributed by atoms with Crippen LogP contribution in [0.4, 0.5) is 0 Å². The number of rotatable bonds is 4. The number of hydrogen-bond donors (Lipinski definition) is 2. The molecule has 1 aliphatic rings. The van der Waals surface area contributed by atoms with Crippen LogP contribution in [0.5, 0.6) is 0 Å². The Kier molecular flexibility index (Phi) is 3.95. The molecule has 0 aliphatic heterocycles. The molecule has 1 aliphatic carbocycles. The summed E-state index contributed by atoms with van der Waals surface area (Å²) in [6.45, 7) is 3.15. The fourth-order valence-electron chi connectivity index (χ4n) is 3.78. The molecule has 0 amide bonds. The van der Waals surface area contributed by atoms with Crippen molar-refractivity contribution in [3.8, 4) is 0 Å². The number of benzene rings is 2. The van der Waals surface area contributed by atoms with E-state index in [-0.39, 0.29) is 5.78 Å². The second-order valence-electron chi connectivity index (χ2n) is 6.54. The smallest absolute Gasteiger partial charge is 0.193 e. The van der Waals surface area contributed by atoms with Crippen LogP contribution < -0.4 is 5.32 Å². The fourth-order valence-corrected chi connectivity index (χ4v) is 3.78. The van der Waals surface area contributed by atoms with Gasteiger partial charge in [0.15, 0.2) is 5.78 Å². The Morgan fingerprint density at radius 2 is 2.00 bits per heavy atom. The molecule has 1 aromatic heterocycles. The molecule has 122 valence electrons. The van der Waals surface area contributed by atoms with Gasteiger partial charge in [0.2, 0.25) is 0 Å². The van der Waals surface area contributed by atoms with E-state index in [1.54, 1.807) is 0 Å². The zero-order valence-corrected chi connectivity index (χ0v) is 13.9. The average molecular weight is 318 g/mol. The molecule has 0 saturated carbocycles. The number of aryl methyl sites for hydroxylation is 1. The van der Waals surface area contributed by atoms with Crippen molar-refractivity contribution in [2.75, 3.05) is 6.54 Å². The molecule has 1 heterocycles. The molecule has 24 heavy (non-hydrogen) atoms. The first-order valence-electron chi connectivity index (χ1n) is 8.73. The van der Waals surface area contributed by atoms with Gasteiger partial charge in [-0.3, -0.25) is 4.79 Å². The summed E-state index contributed by atoms with van der Waals surface area (Å²) in [4.78, 5) is 16.3. The van der Waals surface area contributed by atoms with E-state index in [0.29, 0.717) is 6.04 Å². The number of likely N-dealkylation sites (N-methyl/N-ethyl adjacent to an activating group) is 1. The minimum atomic E-state index is 0.0893. The van der Waals surface area contributed by atoms with Gasteiger partial charge < -0.3 is 10.3 Å². The summed E-state index contributed by atoms with van der Waals surface area (Å²) in [5.41, 5.74) is 5.36. The number of hydrogen-bond acceptors (Lipinski definition) is 2. The van der Waals surface area contributed by atoms with Crippen LogP contribution in [0, 0.1) is 0 Å². The lowest BCUT2D eigenvalue weighted by atomic mass is 9.90. The van der Waals surface area contributed by atoms with Crippen LogP contribution in [0.15, 0.2) is 48.5 Å². The highest BCUT2D eigenvalue weighted by Crippen LogP contribution is 2.30. The van der Waals surface area contributed by atoms with Gasteiger partial charge in [-0.15, -0.1) is 0 Å². The Hall–Kier alpha value is -2.39. The van der Waals surface area contributed by atoms with Gasteiger partial charge in [-0.05, 0) is 49.6 Å². The molecule has 0 spiro atoms. The summed E-state index contributed by atoms with van der Waals surface area (Å²) >= 11 is 0. The Morgan fingerprint density at radius 3 is 2.79 bits per heavy atom. The van der Waals surface area contributed by atoms with Crippen molar-refractivity contribution in [2.45, 2.75) is 32.2 Å². The first-order valence-corrected chi connectivity index (χ1v) is 8.73. The second-order valence-corrected chi connectivity index (χ2v) is 6.54. The summed E-state index contributed by atoms with van der Waals surface area (Å²) in [7, 11) is 0. The van der Waals surface area contributed by atoms with E-state index < -0.39 is 0 Å². The highest BCUT2D eigenvalue weighted by Gasteiger charge is 2.22. The summed E-state index contributed by atoms with van der Waals surface area (Å²) in [5, 5.41) is 4.77. The largest absolute Gasteiger partial charge is 0.358 e. The van der Waals surface area contributed by atoms with E-state index in [1.807, 2.05) is 42.5 Å². The minimum Gasteiger partial charge on any atom is -0.358 e. The number of H-pyrrole nitrogens is 1. The van der Waals surface area contributed by atoms with Crippen LogP contribution >= 0.6 is 0 Å². The van der Waals surface area contributed by atoms with E-state index >= 15 is 0 Å². The van der Waals surface area contributed by atoms with E-state index in [9.17, 15) is 4.79 Å². The van der Waals surface area contributed by atoms with Gasteiger partial charge >= 0.3 is 0 Å². The molecule has 2 N–H and O–H groups in total. The summed E-state index contributed by atoms with van der Waals surface area (Å²) in [5.74, 6) is 0.0893. The molecule has 0 radical (unpaired) electrons. The zero-order chi connectivity index (χ0) is 16.5. The molecule has 4 rings (SSSR count). The third-order valence-electron chi connectivity index (χ3n) is 4.98. The maximum atomic E-state index is 12.7. The quantitative estimate of drug-likeness (QED) is 0.717. The summed E-state index contributed by atoms with van der Waals surface area (Å²) in [6, 6.07) is 16.1. The van der Waals surface area contributed by atoms with Crippen molar-refractivity contribution >= 4 is 16.7 Å². The highest BCUT2D eigenvalue weighted by molar-refractivity contribution is 6.10. The predicted octanol–water partition coefficient (Wildman–Crippen LogP) is 3.87. The maximum absolute atomic E-state index is 12.7. The van der Waals surface area contributed by atoms with Gasteiger partial charge in [0.1, 0.15) is 0 Å². The molecule has 2 aromatic carbocycles. The van der Waals surface area contributed by atoms with Gasteiger partial charge in [0.25, 0.3) is 0 Å². The molecule has 0 saturated heterocycles. The van der Waals surface area contributed by atoms with Crippen molar-refractivity contribution in [1.82, 2.24) is 10.3 Å². The zero-order valence-electron chi connectivity index (χ0n) is 13.9. The van der Waals surface area contributed by atoms with Crippen LogP contribution in [0.1, 0.15) is 40.5 Å². The molecule has 3 heteroatoms. The number of aromatic amines is 1. The Labute approximate surface area is 142 Å². The van der Waals surface area contributed by atoms with Crippen molar-refractivity contribution in [3.05, 3.63) is 70.9 Å². The van der Waals surface area contributed by atoms with Crippen LogP contribution in [0.2, 0.25) is 0 Å². The Balaban J connectivity index is 1.73. The summed E-state index contributed by atoms with van der Waals surface area (Å²) < 4.78 is 0. The lowest BCUT2D eigenvalue weighted by molar-refractivity contribution is 0.103. The minimum absolute atomic E-state index is 0.0893. The number of carbonyl (C=O) groups excluding carboxylic acids is 1. The molecular formula is C21H22N2O. The number of nitrogens with one attached hydrogen (secondary N) is 2. The molecule has 1 unspecified atom stereocenters. The van der Waals surface area contributed by atoms with Crippen LogP contribution in [-0.2, 0) is 12.8 Å². The van der Waals surface area contributed by atoms with E-state index in [2.05, 4.69) is 23.3 Å². The highest BCUT2D eigenvalue weighted by atomic mass is 16.1. The first kappa shape index (κ1) is 15.2. The Morgan fingerprint density at radius 1 is 1.17 bits per heavy atom. The molecule has 1 atom stereocenters. The average Bonchev–Trinajstić information content (AvgIpc) is 2.99. The van der Waals surface area contributed by atoms with E-state index in [4.69, 9.17) is 0 Å². The lowest BCUT2D eigenvalue weighted by Gasteiger charge is -2.23. The van der Waals surface area contributed by atoms with Crippen LogP contribution in [0.3, 0.4) is 0 Å². The standard InChI is InChI=1S/C21H22N2O/c1-2-22-16-9-11-20-18(13-16)17-12-15(8-10-19(17)23-20)21(24)14-6-4-3-5-7-14/h3-8,10,12,16,22-23H,2,9,11,13H2,1H3. The first-order chi connectivity index (χ1) is 11.8. The van der Waals surface area contributed by atoms with Crippen LogP contribution in [-0.4, -0.2) is 23.4 Å². The SMILES string of the molecule is CCNC1CCc2[nH]c3ccc(C(=O)c4ccccc4)cc3c2C1. The van der Waals surface area contributed by atoms with Gasteiger partial charge in [-0.2, -0.15) is 0 Å². The third-order valence-corrected chi connectivity index (χ3v) is 4.98. The topological polar surface area (TPSA) is 44.9 Å². The molecule has 3 nitrogen and oxygen atoms in total. The van der Waals surface area contributed by atoms with Crippen molar-refractivity contribution < 1.29 is 4.79 Å². The van der Waals surface area contributed by atoms with Gasteiger partial charge in [0, 0.05) is 33.8 Å². The predicted molar refractivity (Wildman–Crippen MR) is 97.7 cm³/mol. The van der Waals surface area contributed by atoms with Crippen molar-refractivity contribution in [3.63, 3.8) is 0 Å². The van der Waals surface area contributed by atoms with Gasteiger partial charge in [-0.1, -0.05) is 37.3 Å². The monoisotopic (exact) mass is 318 g/mol. The molecule has 0 fully saturated rings. The number of carbonyl (C=O) groups is 1. The van der Waals surface area contributed by atoms with E-state index in [1.165, 1.54) is 23.1 Å². The van der Waals surface area contributed by atoms with Crippen molar-refractivity contribution in [1.29, 1.82) is 0 Å². The van der Waals surface area contributed by atoms with Crippen molar-refractivity contribution in [2.24, 2.45) is 0 Å². The van der Waals surface area contributed by atoms with E-state index in [0.717, 1.165) is 36.0 Å². The summed E-state index contributed by atoms with van der Waals surface area (Å²) in [6.07, 6.45) is 3.28. The van der Waals surface area contributed by atoms with Gasteiger partial charge in [0.05, 0.1) is 0 Å². The Bertz CT molecular complexity index is 879.